The van der Waals surface area contributed by atoms with E-state index in [1.54, 1.807) is 13.2 Å². The minimum Gasteiger partial charge on any atom is -0.497 e. The molecule has 5 nitrogen and oxygen atoms in total. The van der Waals surface area contributed by atoms with Gasteiger partial charge in [-0.1, -0.05) is 32.0 Å². The summed E-state index contributed by atoms with van der Waals surface area (Å²) in [6, 6.07) is 15.6. The molecule has 0 radical (unpaired) electrons. The number of esters is 1. The lowest BCUT2D eigenvalue weighted by molar-refractivity contribution is -0.130. The summed E-state index contributed by atoms with van der Waals surface area (Å²) in [6.45, 7) is 4.36. The molecule has 0 aliphatic carbocycles. The van der Waals surface area contributed by atoms with Gasteiger partial charge in [0.15, 0.2) is 5.70 Å². The summed E-state index contributed by atoms with van der Waals surface area (Å²) in [4.78, 5) is 18.8. The van der Waals surface area contributed by atoms with Crippen molar-refractivity contribution in [2.75, 3.05) is 19.1 Å². The molecular formula is C23H22N2O3. The minimum absolute atomic E-state index is 0.159. The summed E-state index contributed by atoms with van der Waals surface area (Å²) in [7, 11) is 3.65. The first-order chi connectivity index (χ1) is 13.4. The van der Waals surface area contributed by atoms with Gasteiger partial charge in [-0.25, -0.2) is 9.79 Å². The number of anilines is 1. The van der Waals surface area contributed by atoms with Crippen molar-refractivity contribution in [2.45, 2.75) is 19.3 Å². The number of likely N-dealkylation sites (N-methyl/N-ethyl adjacent to an activating group) is 1. The number of hydrogen-bond acceptors (Lipinski definition) is 5. The van der Waals surface area contributed by atoms with Crippen LogP contribution < -0.4 is 9.64 Å². The Morgan fingerprint density at radius 1 is 1.07 bits per heavy atom. The van der Waals surface area contributed by atoms with Gasteiger partial charge in [-0.05, 0) is 48.0 Å². The Morgan fingerprint density at radius 3 is 2.46 bits per heavy atom. The number of rotatable bonds is 3. The number of hydrogen-bond donors (Lipinski definition) is 0. The van der Waals surface area contributed by atoms with Gasteiger partial charge >= 0.3 is 5.97 Å². The molecule has 0 atom stereocenters. The molecule has 2 aromatic rings. The number of benzene rings is 2. The van der Waals surface area contributed by atoms with Crippen LogP contribution in [0.1, 0.15) is 25.0 Å². The van der Waals surface area contributed by atoms with Crippen LogP contribution >= 0.6 is 0 Å². The summed E-state index contributed by atoms with van der Waals surface area (Å²) in [5, 5.41) is 0. The van der Waals surface area contributed by atoms with Gasteiger partial charge in [0, 0.05) is 29.4 Å². The zero-order valence-corrected chi connectivity index (χ0v) is 16.4. The van der Waals surface area contributed by atoms with Gasteiger partial charge in [-0.2, -0.15) is 0 Å². The van der Waals surface area contributed by atoms with Gasteiger partial charge in [0.25, 0.3) is 0 Å². The number of para-hydroxylation sites is 1. The van der Waals surface area contributed by atoms with Crippen LogP contribution in [0.15, 0.2) is 77.1 Å². The second kappa shape index (κ2) is 6.68. The van der Waals surface area contributed by atoms with E-state index in [1.165, 1.54) is 11.3 Å². The molecule has 0 unspecified atom stereocenters. The van der Waals surface area contributed by atoms with E-state index in [0.29, 0.717) is 11.6 Å². The van der Waals surface area contributed by atoms with E-state index in [0.717, 1.165) is 17.0 Å². The first kappa shape index (κ1) is 18.0. The van der Waals surface area contributed by atoms with Gasteiger partial charge in [0.1, 0.15) is 5.75 Å². The monoisotopic (exact) mass is 374 g/mol. The lowest BCUT2D eigenvalue weighted by Gasteiger charge is -2.23. The Labute approximate surface area is 164 Å². The highest BCUT2D eigenvalue weighted by Gasteiger charge is 2.38. The summed E-state index contributed by atoms with van der Waals surface area (Å²) in [5.41, 5.74) is 4.40. The van der Waals surface area contributed by atoms with Gasteiger partial charge in [0.05, 0.1) is 7.11 Å². The molecule has 5 heteroatoms. The first-order valence-electron chi connectivity index (χ1n) is 9.13. The number of ether oxygens (including phenoxy) is 2. The number of aliphatic imine (C=N–C) groups is 1. The van der Waals surface area contributed by atoms with Crippen LogP contribution in [0.5, 0.6) is 5.75 Å². The molecule has 28 heavy (non-hydrogen) atoms. The van der Waals surface area contributed by atoms with Gasteiger partial charge < -0.3 is 14.4 Å². The lowest BCUT2D eigenvalue weighted by Crippen LogP contribution is -2.22. The summed E-state index contributed by atoms with van der Waals surface area (Å²) in [5.74, 6) is 0.596. The molecular weight excluding hydrogens is 352 g/mol. The van der Waals surface area contributed by atoms with E-state index in [-0.39, 0.29) is 5.41 Å². The fourth-order valence-corrected chi connectivity index (χ4v) is 3.74. The molecule has 0 spiro atoms. The number of methoxy groups -OCH3 is 1. The van der Waals surface area contributed by atoms with Crippen molar-refractivity contribution in [2.24, 2.45) is 4.99 Å². The quantitative estimate of drug-likeness (QED) is 0.597. The van der Waals surface area contributed by atoms with Crippen molar-refractivity contribution < 1.29 is 14.3 Å². The predicted octanol–water partition coefficient (Wildman–Crippen LogP) is 4.19. The largest absolute Gasteiger partial charge is 0.497 e. The molecule has 0 saturated heterocycles. The van der Waals surface area contributed by atoms with Crippen molar-refractivity contribution in [3.63, 3.8) is 0 Å². The minimum atomic E-state index is -0.446. The Bertz CT molecular complexity index is 1030. The second-order valence-corrected chi connectivity index (χ2v) is 7.34. The number of fused-ring (bicyclic) bond motifs is 1. The maximum absolute atomic E-state index is 12.3. The van der Waals surface area contributed by atoms with E-state index in [4.69, 9.17) is 9.47 Å². The Hall–Kier alpha value is -3.34. The van der Waals surface area contributed by atoms with Crippen LogP contribution in [0.3, 0.4) is 0 Å². The van der Waals surface area contributed by atoms with Gasteiger partial charge in [0.2, 0.25) is 5.90 Å². The van der Waals surface area contributed by atoms with Gasteiger partial charge in [-0.3, -0.25) is 0 Å². The normalized spacial score (nSPS) is 20.4. The van der Waals surface area contributed by atoms with Crippen LogP contribution in [0.25, 0.3) is 0 Å². The zero-order chi connectivity index (χ0) is 19.9. The molecule has 0 N–H and O–H groups in total. The third-order valence-electron chi connectivity index (χ3n) is 5.30. The standard InChI is InChI=1S/C23H22N2O3/c1-23(2)17-7-5-6-8-19(17)25(3)20(23)14-13-18-22(26)28-21(24-18)15-9-11-16(27-4)12-10-15/h5-14H,1-4H3/b18-13+,20-14+. The molecule has 0 bridgehead atoms. The Morgan fingerprint density at radius 2 is 1.79 bits per heavy atom. The maximum Gasteiger partial charge on any atom is 0.363 e. The maximum atomic E-state index is 12.3. The van der Waals surface area contributed by atoms with Crippen molar-refractivity contribution in [3.05, 3.63) is 83.2 Å². The topological polar surface area (TPSA) is 51.1 Å². The van der Waals surface area contributed by atoms with Crippen molar-refractivity contribution >= 4 is 17.6 Å². The number of cyclic esters (lactones) is 1. The third kappa shape index (κ3) is 2.89. The molecule has 4 rings (SSSR count). The van der Waals surface area contributed by atoms with Crippen LogP contribution in [0.4, 0.5) is 5.69 Å². The SMILES string of the molecule is COc1ccc(C2=N/C(=C/C=C3/N(C)c4ccccc4C3(C)C)C(=O)O2)cc1. The van der Waals surface area contributed by atoms with Crippen molar-refractivity contribution in [1.82, 2.24) is 0 Å². The van der Waals surface area contributed by atoms with E-state index in [1.807, 2.05) is 43.5 Å². The molecule has 2 aliphatic heterocycles. The van der Waals surface area contributed by atoms with Crippen LogP contribution in [-0.4, -0.2) is 26.0 Å². The molecule has 2 aromatic carbocycles. The van der Waals surface area contributed by atoms with Gasteiger partial charge in [-0.15, -0.1) is 0 Å². The summed E-state index contributed by atoms with van der Waals surface area (Å²) >= 11 is 0. The predicted molar refractivity (Wildman–Crippen MR) is 110 cm³/mol. The number of carbonyl (C=O) groups excluding carboxylic acids is 1. The summed E-state index contributed by atoms with van der Waals surface area (Å²) in [6.07, 6.45) is 3.69. The molecule has 0 aromatic heterocycles. The highest BCUT2D eigenvalue weighted by Crippen LogP contribution is 2.46. The fourth-order valence-electron chi connectivity index (χ4n) is 3.74. The molecule has 0 saturated carbocycles. The molecule has 0 fully saturated rings. The van der Waals surface area contributed by atoms with Crippen LogP contribution in [0, 0.1) is 0 Å². The third-order valence-corrected chi connectivity index (χ3v) is 5.30. The van der Waals surface area contributed by atoms with E-state index in [2.05, 4.69) is 41.9 Å². The highest BCUT2D eigenvalue weighted by molar-refractivity contribution is 6.11. The number of carbonyl (C=O) groups is 1. The Balaban J connectivity index is 1.65. The van der Waals surface area contributed by atoms with E-state index < -0.39 is 5.97 Å². The van der Waals surface area contributed by atoms with Crippen molar-refractivity contribution in [1.29, 1.82) is 0 Å². The van der Waals surface area contributed by atoms with Crippen LogP contribution in [0.2, 0.25) is 0 Å². The first-order valence-corrected chi connectivity index (χ1v) is 9.13. The van der Waals surface area contributed by atoms with Crippen molar-refractivity contribution in [3.8, 4) is 5.75 Å². The summed E-state index contributed by atoms with van der Waals surface area (Å²) < 4.78 is 10.5. The van der Waals surface area contributed by atoms with Crippen LogP contribution in [-0.2, 0) is 14.9 Å². The zero-order valence-electron chi connectivity index (χ0n) is 16.4. The molecule has 142 valence electrons. The smallest absolute Gasteiger partial charge is 0.363 e. The molecule has 2 heterocycles. The second-order valence-electron chi connectivity index (χ2n) is 7.34. The molecule has 0 amide bonds. The number of allylic oxidation sites excluding steroid dienone is 3. The Kier molecular flexibility index (Phi) is 4.30. The fraction of sp³-hybridized carbons (Fsp3) is 0.217. The van der Waals surface area contributed by atoms with E-state index in [9.17, 15) is 4.79 Å². The lowest BCUT2D eigenvalue weighted by atomic mass is 9.84. The average molecular weight is 374 g/mol. The van der Waals surface area contributed by atoms with E-state index >= 15 is 0 Å². The highest BCUT2D eigenvalue weighted by atomic mass is 16.6. The number of nitrogens with zero attached hydrogens (tertiary/aromatic N) is 2. The average Bonchev–Trinajstić information content (AvgIpc) is 3.16. The molecule has 2 aliphatic rings.